The molecule has 2 aliphatic heterocycles. The summed E-state index contributed by atoms with van der Waals surface area (Å²) >= 11 is 6.30. The average molecular weight is 307 g/mol. The van der Waals surface area contributed by atoms with Gasteiger partial charge in [0.25, 0.3) is 0 Å². The lowest BCUT2D eigenvalue weighted by Crippen LogP contribution is -2.55. The summed E-state index contributed by atoms with van der Waals surface area (Å²) in [4.78, 5) is 2.65. The van der Waals surface area contributed by atoms with Crippen molar-refractivity contribution in [2.24, 2.45) is 5.92 Å². The van der Waals surface area contributed by atoms with Crippen LogP contribution in [-0.4, -0.2) is 36.7 Å². The third kappa shape index (κ3) is 2.79. The third-order valence-electron chi connectivity index (χ3n) is 5.02. The molecule has 0 spiro atoms. The Kier molecular flexibility index (Phi) is 3.60. The first-order chi connectivity index (χ1) is 10.2. The molecule has 1 aliphatic carbocycles. The number of nitrogens with zero attached hydrogens (tertiary/aromatic N) is 1. The molecule has 1 saturated carbocycles. The standard InChI is InChI=1S/C17H23ClN2O/c1-11-9-20(16(8-19-11)12-2-3-12)10-14-7-15(18)6-13-4-5-21-17(13)14/h6-7,11-12,16,19H,2-5,8-10H2,1H3. The SMILES string of the molecule is CC1CN(Cc2cc(Cl)cc3c2OCC3)C(C2CC2)CN1. The lowest BCUT2D eigenvalue weighted by molar-refractivity contribution is 0.111. The fourth-order valence-corrected chi connectivity index (χ4v) is 4.08. The van der Waals surface area contributed by atoms with E-state index >= 15 is 0 Å². The molecule has 3 aliphatic rings. The second-order valence-corrected chi connectivity index (χ2v) is 7.23. The highest BCUT2D eigenvalue weighted by Crippen LogP contribution is 2.39. The van der Waals surface area contributed by atoms with E-state index in [1.807, 2.05) is 0 Å². The van der Waals surface area contributed by atoms with Crippen molar-refractivity contribution in [3.63, 3.8) is 0 Å². The van der Waals surface area contributed by atoms with E-state index in [1.54, 1.807) is 0 Å². The lowest BCUT2D eigenvalue weighted by atomic mass is 10.0. The molecule has 114 valence electrons. The Morgan fingerprint density at radius 1 is 1.38 bits per heavy atom. The molecule has 0 radical (unpaired) electrons. The van der Waals surface area contributed by atoms with Crippen molar-refractivity contribution in [3.05, 3.63) is 28.3 Å². The quantitative estimate of drug-likeness (QED) is 0.929. The van der Waals surface area contributed by atoms with E-state index in [0.29, 0.717) is 12.1 Å². The van der Waals surface area contributed by atoms with Gasteiger partial charge in [0, 0.05) is 48.7 Å². The molecular weight excluding hydrogens is 284 g/mol. The largest absolute Gasteiger partial charge is 0.493 e. The maximum absolute atomic E-state index is 6.30. The van der Waals surface area contributed by atoms with E-state index in [0.717, 1.165) is 49.4 Å². The fourth-order valence-electron chi connectivity index (χ4n) is 3.81. The average Bonchev–Trinajstić information content (AvgIpc) is 3.17. The van der Waals surface area contributed by atoms with Gasteiger partial charge in [0.15, 0.2) is 0 Å². The smallest absolute Gasteiger partial charge is 0.127 e. The molecule has 21 heavy (non-hydrogen) atoms. The second kappa shape index (κ2) is 5.45. The van der Waals surface area contributed by atoms with Crippen LogP contribution in [0.2, 0.25) is 5.02 Å². The molecule has 2 heterocycles. The number of fused-ring (bicyclic) bond motifs is 1. The van der Waals surface area contributed by atoms with Crippen molar-refractivity contribution in [1.29, 1.82) is 0 Å². The number of hydrogen-bond acceptors (Lipinski definition) is 3. The van der Waals surface area contributed by atoms with Crippen LogP contribution in [0.15, 0.2) is 12.1 Å². The minimum absolute atomic E-state index is 0.563. The molecule has 1 aromatic rings. The number of rotatable bonds is 3. The second-order valence-electron chi connectivity index (χ2n) is 6.80. The first-order valence-electron chi connectivity index (χ1n) is 8.12. The Bertz CT molecular complexity index is 544. The Labute approximate surface area is 131 Å². The molecule has 0 aromatic heterocycles. The first-order valence-corrected chi connectivity index (χ1v) is 8.50. The van der Waals surface area contributed by atoms with Gasteiger partial charge in [-0.15, -0.1) is 0 Å². The number of nitrogens with one attached hydrogen (secondary N) is 1. The van der Waals surface area contributed by atoms with Gasteiger partial charge in [-0.2, -0.15) is 0 Å². The molecule has 2 atom stereocenters. The monoisotopic (exact) mass is 306 g/mol. The number of piperazine rings is 1. The van der Waals surface area contributed by atoms with Gasteiger partial charge in [-0.25, -0.2) is 0 Å². The van der Waals surface area contributed by atoms with E-state index in [2.05, 4.69) is 29.3 Å². The van der Waals surface area contributed by atoms with Gasteiger partial charge in [-0.05, 0) is 43.4 Å². The summed E-state index contributed by atoms with van der Waals surface area (Å²) in [5.41, 5.74) is 2.55. The van der Waals surface area contributed by atoms with Crippen molar-refractivity contribution >= 4 is 11.6 Å². The first kappa shape index (κ1) is 13.9. The Morgan fingerprint density at radius 2 is 2.24 bits per heavy atom. The molecule has 1 saturated heterocycles. The summed E-state index contributed by atoms with van der Waals surface area (Å²) in [5.74, 6) is 1.98. The van der Waals surface area contributed by atoms with Crippen LogP contribution in [0.25, 0.3) is 0 Å². The highest BCUT2D eigenvalue weighted by Gasteiger charge is 2.38. The van der Waals surface area contributed by atoms with Crippen LogP contribution in [-0.2, 0) is 13.0 Å². The maximum Gasteiger partial charge on any atom is 0.127 e. The van der Waals surface area contributed by atoms with E-state index in [9.17, 15) is 0 Å². The van der Waals surface area contributed by atoms with E-state index in [1.165, 1.54) is 24.0 Å². The zero-order valence-corrected chi connectivity index (χ0v) is 13.3. The third-order valence-corrected chi connectivity index (χ3v) is 5.24. The van der Waals surface area contributed by atoms with Crippen LogP contribution in [0, 0.1) is 5.92 Å². The van der Waals surface area contributed by atoms with Crippen LogP contribution < -0.4 is 10.1 Å². The molecule has 1 N–H and O–H groups in total. The van der Waals surface area contributed by atoms with Crippen LogP contribution in [0.1, 0.15) is 30.9 Å². The zero-order valence-electron chi connectivity index (χ0n) is 12.6. The van der Waals surface area contributed by atoms with Crippen molar-refractivity contribution in [1.82, 2.24) is 10.2 Å². The van der Waals surface area contributed by atoms with Crippen molar-refractivity contribution in [2.45, 2.75) is 44.8 Å². The highest BCUT2D eigenvalue weighted by molar-refractivity contribution is 6.30. The molecule has 0 bridgehead atoms. The van der Waals surface area contributed by atoms with E-state index in [4.69, 9.17) is 16.3 Å². The number of hydrogen-bond donors (Lipinski definition) is 1. The predicted molar refractivity (Wildman–Crippen MR) is 85.0 cm³/mol. The Morgan fingerprint density at radius 3 is 3.05 bits per heavy atom. The summed E-state index contributed by atoms with van der Waals surface area (Å²) in [6.45, 7) is 6.27. The molecule has 4 rings (SSSR count). The van der Waals surface area contributed by atoms with E-state index < -0.39 is 0 Å². The molecule has 4 heteroatoms. The molecule has 2 fully saturated rings. The van der Waals surface area contributed by atoms with Crippen molar-refractivity contribution in [3.8, 4) is 5.75 Å². The lowest BCUT2D eigenvalue weighted by Gasteiger charge is -2.40. The molecule has 1 aromatic carbocycles. The summed E-state index contributed by atoms with van der Waals surface area (Å²) in [7, 11) is 0. The summed E-state index contributed by atoms with van der Waals surface area (Å²) in [5, 5.41) is 4.48. The van der Waals surface area contributed by atoms with Crippen molar-refractivity contribution < 1.29 is 4.74 Å². The van der Waals surface area contributed by atoms with E-state index in [-0.39, 0.29) is 0 Å². The number of benzene rings is 1. The highest BCUT2D eigenvalue weighted by atomic mass is 35.5. The maximum atomic E-state index is 6.30. The number of halogens is 1. The van der Waals surface area contributed by atoms with Crippen LogP contribution in [0.5, 0.6) is 5.75 Å². The summed E-state index contributed by atoms with van der Waals surface area (Å²) in [6, 6.07) is 5.40. The minimum atomic E-state index is 0.563. The molecule has 2 unspecified atom stereocenters. The normalized spacial score (nSPS) is 29.2. The Balaban J connectivity index is 1.59. The molecular formula is C17H23ClN2O. The zero-order chi connectivity index (χ0) is 14.4. The van der Waals surface area contributed by atoms with Crippen LogP contribution in [0.3, 0.4) is 0 Å². The predicted octanol–water partition coefficient (Wildman–Crippen LogP) is 2.85. The molecule has 3 nitrogen and oxygen atoms in total. The van der Waals surface area contributed by atoms with Gasteiger partial charge in [-0.1, -0.05) is 11.6 Å². The fraction of sp³-hybridized carbons (Fsp3) is 0.647. The van der Waals surface area contributed by atoms with Gasteiger partial charge < -0.3 is 10.1 Å². The van der Waals surface area contributed by atoms with Gasteiger partial charge >= 0.3 is 0 Å². The van der Waals surface area contributed by atoms with Crippen molar-refractivity contribution in [2.75, 3.05) is 19.7 Å². The number of ether oxygens (including phenoxy) is 1. The Hall–Kier alpha value is -0.770. The van der Waals surface area contributed by atoms with Gasteiger partial charge in [0.05, 0.1) is 6.61 Å². The summed E-state index contributed by atoms with van der Waals surface area (Å²) in [6.07, 6.45) is 3.77. The van der Waals surface area contributed by atoms with Crippen LogP contribution >= 0.6 is 11.6 Å². The van der Waals surface area contributed by atoms with Gasteiger partial charge in [0.2, 0.25) is 0 Å². The van der Waals surface area contributed by atoms with Gasteiger partial charge in [0.1, 0.15) is 5.75 Å². The summed E-state index contributed by atoms with van der Waals surface area (Å²) < 4.78 is 5.86. The topological polar surface area (TPSA) is 24.5 Å². The van der Waals surface area contributed by atoms with Crippen LogP contribution in [0.4, 0.5) is 0 Å². The van der Waals surface area contributed by atoms with Gasteiger partial charge in [-0.3, -0.25) is 4.90 Å². The molecule has 0 amide bonds. The minimum Gasteiger partial charge on any atom is -0.493 e.